The topological polar surface area (TPSA) is 59.3 Å². The molecular weight excluding hydrogens is 360 g/mol. The summed E-state index contributed by atoms with van der Waals surface area (Å²) in [5.74, 6) is 0.181. The van der Waals surface area contributed by atoms with Crippen molar-refractivity contribution in [1.29, 1.82) is 0 Å². The number of benzene rings is 2. The molecule has 0 aliphatic heterocycles. The molecule has 4 rings (SSSR count). The Morgan fingerprint density at radius 1 is 0.862 bits per heavy atom. The largest absolute Gasteiger partial charge is 0.348 e. The van der Waals surface area contributed by atoms with Crippen molar-refractivity contribution in [2.24, 2.45) is 5.92 Å². The number of hydrogen-bond donors (Lipinski definition) is 1. The summed E-state index contributed by atoms with van der Waals surface area (Å²) in [5, 5.41) is 7.77. The fourth-order valence-electron chi connectivity index (χ4n) is 3.09. The maximum absolute atomic E-state index is 13.1. The third-order valence-electron chi connectivity index (χ3n) is 5.16. The smallest absolute Gasteiger partial charge is 0.270 e. The highest BCUT2D eigenvalue weighted by molar-refractivity contribution is 5.94. The maximum Gasteiger partial charge on any atom is 0.270 e. The zero-order valence-electron chi connectivity index (χ0n) is 16.8. The first-order valence-electron chi connectivity index (χ1n) is 9.85. The van der Waals surface area contributed by atoms with Crippen LogP contribution >= 0.6 is 0 Å². The van der Waals surface area contributed by atoms with Gasteiger partial charge in [-0.05, 0) is 18.9 Å². The van der Waals surface area contributed by atoms with E-state index in [0.717, 1.165) is 22.5 Å². The van der Waals surface area contributed by atoms with E-state index in [-0.39, 0.29) is 11.9 Å². The molecular formula is C24H24N4O. The summed E-state index contributed by atoms with van der Waals surface area (Å²) in [6.45, 7) is 6.19. The quantitative estimate of drug-likeness (QED) is 0.536. The summed E-state index contributed by atoms with van der Waals surface area (Å²) in [6, 6.07) is 23.6. The lowest BCUT2D eigenvalue weighted by Gasteiger charge is -2.18. The molecule has 5 heteroatoms. The molecule has 0 saturated heterocycles. The molecule has 2 aromatic carbocycles. The van der Waals surface area contributed by atoms with Crippen LogP contribution in [0.2, 0.25) is 0 Å². The van der Waals surface area contributed by atoms with Gasteiger partial charge in [-0.1, -0.05) is 74.5 Å². The lowest BCUT2D eigenvalue weighted by atomic mass is 10.1. The first kappa shape index (κ1) is 18.9. The monoisotopic (exact) mass is 384 g/mol. The molecule has 2 aromatic heterocycles. The second-order valence-electron chi connectivity index (χ2n) is 7.56. The van der Waals surface area contributed by atoms with Crippen molar-refractivity contribution in [3.8, 4) is 22.5 Å². The Labute approximate surface area is 170 Å². The van der Waals surface area contributed by atoms with Crippen molar-refractivity contribution in [2.75, 3.05) is 0 Å². The maximum atomic E-state index is 13.1. The molecule has 1 atom stereocenters. The SMILES string of the molecule is CC(C)[C@H](C)NC(=O)c1cc(-c2ccccc2)nc2cc(-c3ccccc3)nn12. The van der Waals surface area contributed by atoms with Crippen LogP contribution in [-0.4, -0.2) is 26.5 Å². The molecule has 1 amide bonds. The Kier molecular flexibility index (Phi) is 5.12. The van der Waals surface area contributed by atoms with Gasteiger partial charge in [0.25, 0.3) is 5.91 Å². The van der Waals surface area contributed by atoms with E-state index in [1.807, 2.05) is 79.7 Å². The molecule has 1 N–H and O–H groups in total. The van der Waals surface area contributed by atoms with E-state index in [1.54, 1.807) is 4.52 Å². The predicted octanol–water partition coefficient (Wildman–Crippen LogP) is 4.84. The molecule has 0 bridgehead atoms. The van der Waals surface area contributed by atoms with E-state index in [2.05, 4.69) is 24.3 Å². The summed E-state index contributed by atoms with van der Waals surface area (Å²) in [5.41, 5.74) is 4.61. The number of nitrogens with zero attached hydrogens (tertiary/aromatic N) is 3. The minimum Gasteiger partial charge on any atom is -0.348 e. The van der Waals surface area contributed by atoms with Crippen LogP contribution in [-0.2, 0) is 0 Å². The van der Waals surface area contributed by atoms with Crippen LogP contribution in [0.1, 0.15) is 31.3 Å². The molecule has 0 spiro atoms. The number of carbonyl (C=O) groups is 1. The van der Waals surface area contributed by atoms with Gasteiger partial charge in [-0.3, -0.25) is 4.79 Å². The van der Waals surface area contributed by atoms with Crippen molar-refractivity contribution in [3.05, 3.63) is 78.5 Å². The van der Waals surface area contributed by atoms with Crippen LogP contribution < -0.4 is 5.32 Å². The lowest BCUT2D eigenvalue weighted by molar-refractivity contribution is 0.0923. The second kappa shape index (κ2) is 7.87. The van der Waals surface area contributed by atoms with Gasteiger partial charge in [0, 0.05) is 23.2 Å². The molecule has 0 unspecified atom stereocenters. The van der Waals surface area contributed by atoms with Crippen molar-refractivity contribution >= 4 is 11.6 Å². The van der Waals surface area contributed by atoms with Gasteiger partial charge in [-0.15, -0.1) is 0 Å². The summed E-state index contributed by atoms with van der Waals surface area (Å²) in [6.07, 6.45) is 0. The summed E-state index contributed by atoms with van der Waals surface area (Å²) < 4.78 is 1.64. The van der Waals surface area contributed by atoms with Crippen LogP contribution in [0.4, 0.5) is 0 Å². The third-order valence-corrected chi connectivity index (χ3v) is 5.16. The van der Waals surface area contributed by atoms with Crippen molar-refractivity contribution in [3.63, 3.8) is 0 Å². The highest BCUT2D eigenvalue weighted by atomic mass is 16.2. The molecule has 5 nitrogen and oxygen atoms in total. The standard InChI is InChI=1S/C24H24N4O/c1-16(2)17(3)25-24(29)22-14-20(18-10-6-4-7-11-18)26-23-15-21(27-28(22)23)19-12-8-5-9-13-19/h4-17H,1-3H3,(H,25,29)/t17-/m0/s1. The first-order chi connectivity index (χ1) is 14.0. The summed E-state index contributed by atoms with van der Waals surface area (Å²) in [7, 11) is 0. The normalized spacial score (nSPS) is 12.3. The van der Waals surface area contributed by atoms with Gasteiger partial charge in [-0.2, -0.15) is 5.10 Å². The fourth-order valence-corrected chi connectivity index (χ4v) is 3.09. The van der Waals surface area contributed by atoms with Crippen molar-refractivity contribution in [1.82, 2.24) is 19.9 Å². The number of rotatable bonds is 5. The number of carbonyl (C=O) groups excluding carboxylic acids is 1. The molecule has 29 heavy (non-hydrogen) atoms. The average Bonchev–Trinajstić information content (AvgIpc) is 3.18. The molecule has 0 radical (unpaired) electrons. The molecule has 0 fully saturated rings. The number of nitrogens with one attached hydrogen (secondary N) is 1. The predicted molar refractivity (Wildman–Crippen MR) is 116 cm³/mol. The van der Waals surface area contributed by atoms with E-state index < -0.39 is 0 Å². The van der Waals surface area contributed by atoms with E-state index >= 15 is 0 Å². The Morgan fingerprint density at radius 3 is 2.03 bits per heavy atom. The Hall–Kier alpha value is -3.47. The lowest BCUT2D eigenvalue weighted by Crippen LogP contribution is -2.37. The van der Waals surface area contributed by atoms with Crippen LogP contribution in [0.3, 0.4) is 0 Å². The molecule has 0 saturated carbocycles. The number of fused-ring (bicyclic) bond motifs is 1. The van der Waals surface area contributed by atoms with Crippen LogP contribution in [0.5, 0.6) is 0 Å². The van der Waals surface area contributed by atoms with Crippen molar-refractivity contribution < 1.29 is 4.79 Å². The number of aromatic nitrogens is 3. The van der Waals surface area contributed by atoms with E-state index in [0.29, 0.717) is 17.3 Å². The van der Waals surface area contributed by atoms with Gasteiger partial charge < -0.3 is 5.32 Å². The van der Waals surface area contributed by atoms with E-state index in [1.165, 1.54) is 0 Å². The van der Waals surface area contributed by atoms with Crippen LogP contribution in [0, 0.1) is 5.92 Å². The number of amides is 1. The zero-order chi connectivity index (χ0) is 20.4. The molecule has 146 valence electrons. The van der Waals surface area contributed by atoms with Gasteiger partial charge >= 0.3 is 0 Å². The highest BCUT2D eigenvalue weighted by Crippen LogP contribution is 2.24. The molecule has 2 heterocycles. The van der Waals surface area contributed by atoms with Gasteiger partial charge in [-0.25, -0.2) is 9.50 Å². The minimum atomic E-state index is -0.154. The van der Waals surface area contributed by atoms with Crippen molar-refractivity contribution in [2.45, 2.75) is 26.8 Å². The van der Waals surface area contributed by atoms with Gasteiger partial charge in [0.2, 0.25) is 0 Å². The van der Waals surface area contributed by atoms with Gasteiger partial charge in [0.05, 0.1) is 11.4 Å². The average molecular weight is 384 g/mol. The third kappa shape index (κ3) is 3.90. The second-order valence-corrected chi connectivity index (χ2v) is 7.56. The molecule has 0 aliphatic carbocycles. The van der Waals surface area contributed by atoms with Gasteiger partial charge in [0.1, 0.15) is 5.69 Å². The van der Waals surface area contributed by atoms with E-state index in [4.69, 9.17) is 4.98 Å². The van der Waals surface area contributed by atoms with E-state index in [9.17, 15) is 4.79 Å². The Bertz CT molecular complexity index is 1130. The molecule has 0 aliphatic rings. The molecule has 4 aromatic rings. The Balaban J connectivity index is 1.86. The zero-order valence-corrected chi connectivity index (χ0v) is 16.8. The van der Waals surface area contributed by atoms with Crippen LogP contribution in [0.25, 0.3) is 28.2 Å². The fraction of sp³-hybridized carbons (Fsp3) is 0.208. The summed E-state index contributed by atoms with van der Waals surface area (Å²) in [4.78, 5) is 17.9. The minimum absolute atomic E-state index is 0.0510. The van der Waals surface area contributed by atoms with Crippen LogP contribution in [0.15, 0.2) is 72.8 Å². The highest BCUT2D eigenvalue weighted by Gasteiger charge is 2.19. The Morgan fingerprint density at radius 2 is 1.45 bits per heavy atom. The van der Waals surface area contributed by atoms with Gasteiger partial charge in [0.15, 0.2) is 5.65 Å². The number of hydrogen-bond acceptors (Lipinski definition) is 3. The summed E-state index contributed by atoms with van der Waals surface area (Å²) >= 11 is 0. The first-order valence-corrected chi connectivity index (χ1v) is 9.85.